The fourth-order valence-corrected chi connectivity index (χ4v) is 4.15. The minimum absolute atomic E-state index is 0.0851. The zero-order chi connectivity index (χ0) is 10.4. The zero-order valence-electron chi connectivity index (χ0n) is 7.99. The van der Waals surface area contributed by atoms with E-state index in [1.54, 1.807) is 0 Å². The molecule has 82 valence electrons. The molecule has 5 nitrogen and oxygen atoms in total. The Kier molecular flexibility index (Phi) is 2.15. The second-order valence-corrected chi connectivity index (χ2v) is 6.67. The minimum Gasteiger partial charge on any atom is -0.385 e. The summed E-state index contributed by atoms with van der Waals surface area (Å²) in [5.74, 6) is 0.119. The van der Waals surface area contributed by atoms with Gasteiger partial charge in [0, 0.05) is 13.1 Å². The molecule has 0 aromatic carbocycles. The third kappa shape index (κ3) is 1.46. The van der Waals surface area contributed by atoms with Crippen molar-refractivity contribution in [2.75, 3.05) is 24.6 Å². The maximum atomic E-state index is 11.4. The van der Waals surface area contributed by atoms with Gasteiger partial charge in [-0.15, -0.1) is 0 Å². The first-order chi connectivity index (χ1) is 6.37. The standard InChI is InChI=1S/C8H16N2O3S/c9-7(8(11)4-10-5-8)2-1-3-14(12,13)6-7/h10-11H,1-6,9H2. The third-order valence-electron chi connectivity index (χ3n) is 3.32. The summed E-state index contributed by atoms with van der Waals surface area (Å²) in [6, 6.07) is 0. The van der Waals surface area contributed by atoms with E-state index >= 15 is 0 Å². The molecule has 2 aliphatic rings. The summed E-state index contributed by atoms with van der Waals surface area (Å²) in [7, 11) is -3.06. The average molecular weight is 220 g/mol. The van der Waals surface area contributed by atoms with Crippen LogP contribution < -0.4 is 11.1 Å². The molecule has 1 atom stereocenters. The molecule has 1 unspecified atom stereocenters. The predicted octanol–water partition coefficient (Wildman–Crippen LogP) is -1.77. The van der Waals surface area contributed by atoms with E-state index in [4.69, 9.17) is 5.73 Å². The molecule has 2 fully saturated rings. The number of β-amino-alcohol motifs (C(OH)–C–C–N with tert-alkyl or cyclic N) is 1. The van der Waals surface area contributed by atoms with E-state index in [1.807, 2.05) is 0 Å². The van der Waals surface area contributed by atoms with E-state index in [0.717, 1.165) is 0 Å². The molecule has 0 saturated carbocycles. The van der Waals surface area contributed by atoms with Crippen LogP contribution in [0.4, 0.5) is 0 Å². The summed E-state index contributed by atoms with van der Waals surface area (Å²) in [5.41, 5.74) is 4.03. The monoisotopic (exact) mass is 220 g/mol. The molecule has 0 aromatic heterocycles. The molecule has 2 aliphatic heterocycles. The van der Waals surface area contributed by atoms with Crippen LogP contribution in [0.1, 0.15) is 12.8 Å². The van der Waals surface area contributed by atoms with Crippen LogP contribution in [0.15, 0.2) is 0 Å². The van der Waals surface area contributed by atoms with Crippen molar-refractivity contribution >= 4 is 9.84 Å². The summed E-state index contributed by atoms with van der Waals surface area (Å²) < 4.78 is 22.9. The topological polar surface area (TPSA) is 92.4 Å². The van der Waals surface area contributed by atoms with Crippen LogP contribution in [0.3, 0.4) is 0 Å². The van der Waals surface area contributed by atoms with E-state index in [-0.39, 0.29) is 11.5 Å². The fraction of sp³-hybridized carbons (Fsp3) is 1.00. The number of aliphatic hydroxyl groups is 1. The number of hydrogen-bond donors (Lipinski definition) is 3. The third-order valence-corrected chi connectivity index (χ3v) is 5.18. The number of nitrogens with one attached hydrogen (secondary N) is 1. The van der Waals surface area contributed by atoms with Crippen molar-refractivity contribution in [1.82, 2.24) is 5.32 Å². The normalized spacial score (nSPS) is 40.1. The largest absolute Gasteiger partial charge is 0.385 e. The highest BCUT2D eigenvalue weighted by atomic mass is 32.2. The Hall–Kier alpha value is -0.170. The molecule has 4 N–H and O–H groups in total. The van der Waals surface area contributed by atoms with Gasteiger partial charge in [0.1, 0.15) is 5.60 Å². The van der Waals surface area contributed by atoms with Crippen molar-refractivity contribution in [2.45, 2.75) is 24.0 Å². The van der Waals surface area contributed by atoms with Crippen molar-refractivity contribution in [1.29, 1.82) is 0 Å². The highest BCUT2D eigenvalue weighted by molar-refractivity contribution is 7.91. The van der Waals surface area contributed by atoms with Gasteiger partial charge in [-0.3, -0.25) is 0 Å². The van der Waals surface area contributed by atoms with E-state index in [0.29, 0.717) is 25.9 Å². The molecule has 0 aromatic rings. The Labute approximate surface area is 83.6 Å². The van der Waals surface area contributed by atoms with Crippen LogP contribution in [0, 0.1) is 0 Å². The van der Waals surface area contributed by atoms with Gasteiger partial charge in [-0.05, 0) is 12.8 Å². The average Bonchev–Trinajstić information content (AvgIpc) is 1.97. The number of sulfone groups is 1. The Morgan fingerprint density at radius 2 is 2.00 bits per heavy atom. The van der Waals surface area contributed by atoms with Gasteiger partial charge in [0.25, 0.3) is 0 Å². The number of rotatable bonds is 1. The van der Waals surface area contributed by atoms with Crippen LogP contribution in [-0.2, 0) is 9.84 Å². The van der Waals surface area contributed by atoms with E-state index in [9.17, 15) is 13.5 Å². The molecule has 6 heteroatoms. The number of nitrogens with two attached hydrogens (primary N) is 1. The summed E-state index contributed by atoms with van der Waals surface area (Å²) in [6.45, 7) is 0.804. The molecule has 0 radical (unpaired) electrons. The van der Waals surface area contributed by atoms with Crippen molar-refractivity contribution in [2.24, 2.45) is 5.73 Å². The molecule has 2 rings (SSSR count). The minimum atomic E-state index is -3.06. The molecule has 0 amide bonds. The van der Waals surface area contributed by atoms with Crippen LogP contribution >= 0.6 is 0 Å². The molecular weight excluding hydrogens is 204 g/mol. The zero-order valence-corrected chi connectivity index (χ0v) is 8.81. The van der Waals surface area contributed by atoms with Crippen molar-refractivity contribution in [3.63, 3.8) is 0 Å². The first-order valence-electron chi connectivity index (χ1n) is 4.79. The Bertz CT molecular complexity index is 336. The second kappa shape index (κ2) is 2.91. The summed E-state index contributed by atoms with van der Waals surface area (Å²) >= 11 is 0. The van der Waals surface area contributed by atoms with Crippen molar-refractivity contribution in [3.05, 3.63) is 0 Å². The molecule has 0 spiro atoms. The van der Waals surface area contributed by atoms with Gasteiger partial charge in [0.2, 0.25) is 0 Å². The predicted molar refractivity (Wildman–Crippen MR) is 52.6 cm³/mol. The SMILES string of the molecule is NC1(C2(O)CNC2)CCCS(=O)(=O)C1. The lowest BCUT2D eigenvalue weighted by Crippen LogP contribution is -2.77. The first-order valence-corrected chi connectivity index (χ1v) is 6.62. The van der Waals surface area contributed by atoms with Gasteiger partial charge in [0.15, 0.2) is 9.84 Å². The van der Waals surface area contributed by atoms with Gasteiger partial charge in [-0.1, -0.05) is 0 Å². The fourth-order valence-electron chi connectivity index (χ4n) is 2.23. The quantitative estimate of drug-likeness (QED) is 0.486. The van der Waals surface area contributed by atoms with Crippen LogP contribution in [0.2, 0.25) is 0 Å². The molecular formula is C8H16N2O3S. The van der Waals surface area contributed by atoms with E-state index in [2.05, 4.69) is 5.32 Å². The van der Waals surface area contributed by atoms with E-state index in [1.165, 1.54) is 0 Å². The van der Waals surface area contributed by atoms with Gasteiger partial charge in [-0.2, -0.15) is 0 Å². The molecule has 0 bridgehead atoms. The molecule has 0 aliphatic carbocycles. The van der Waals surface area contributed by atoms with Crippen LogP contribution in [-0.4, -0.2) is 49.3 Å². The lowest BCUT2D eigenvalue weighted by molar-refractivity contribution is -0.0727. The highest BCUT2D eigenvalue weighted by Crippen LogP contribution is 2.33. The van der Waals surface area contributed by atoms with Gasteiger partial charge in [-0.25, -0.2) is 8.42 Å². The lowest BCUT2D eigenvalue weighted by atomic mass is 9.74. The summed E-state index contributed by atoms with van der Waals surface area (Å²) in [6.07, 6.45) is 1.14. The maximum absolute atomic E-state index is 11.4. The van der Waals surface area contributed by atoms with E-state index < -0.39 is 21.0 Å². The molecule has 2 saturated heterocycles. The molecule has 2 heterocycles. The van der Waals surface area contributed by atoms with Crippen LogP contribution in [0.25, 0.3) is 0 Å². The summed E-state index contributed by atoms with van der Waals surface area (Å²) in [5, 5.41) is 13.0. The van der Waals surface area contributed by atoms with Gasteiger partial charge >= 0.3 is 0 Å². The Morgan fingerprint density at radius 1 is 1.36 bits per heavy atom. The number of hydrogen-bond acceptors (Lipinski definition) is 5. The van der Waals surface area contributed by atoms with Crippen molar-refractivity contribution < 1.29 is 13.5 Å². The lowest BCUT2D eigenvalue weighted by Gasteiger charge is -2.52. The Balaban J connectivity index is 2.23. The van der Waals surface area contributed by atoms with Gasteiger partial charge in [0.05, 0.1) is 17.0 Å². The first kappa shape index (κ1) is 10.4. The van der Waals surface area contributed by atoms with Gasteiger partial charge < -0.3 is 16.2 Å². The van der Waals surface area contributed by atoms with Crippen molar-refractivity contribution in [3.8, 4) is 0 Å². The second-order valence-electron chi connectivity index (χ2n) is 4.49. The molecule has 14 heavy (non-hydrogen) atoms. The smallest absolute Gasteiger partial charge is 0.152 e. The maximum Gasteiger partial charge on any atom is 0.152 e. The Morgan fingerprint density at radius 3 is 2.43 bits per heavy atom. The van der Waals surface area contributed by atoms with Crippen LogP contribution in [0.5, 0.6) is 0 Å². The highest BCUT2D eigenvalue weighted by Gasteiger charge is 2.54. The summed E-state index contributed by atoms with van der Waals surface area (Å²) in [4.78, 5) is 0.